The number of hydrogen-bond donors (Lipinski definition) is 4. The highest BCUT2D eigenvalue weighted by atomic mass is 16.5. The number of aliphatic hydroxyl groups excluding tert-OH is 2. The average molecular weight is 339 g/mol. The normalized spacial score (nSPS) is 23.5. The molecule has 4 N–H and O–H groups in total. The molecule has 24 heavy (non-hydrogen) atoms. The maximum atomic E-state index is 12.0. The molecule has 8 nitrogen and oxygen atoms in total. The van der Waals surface area contributed by atoms with Crippen molar-refractivity contribution < 1.29 is 34.4 Å². The molecule has 1 aromatic rings. The fourth-order valence-electron chi connectivity index (χ4n) is 2.39. The number of benzene rings is 1. The third-order valence-electron chi connectivity index (χ3n) is 3.65. The van der Waals surface area contributed by atoms with Crippen molar-refractivity contribution in [3.8, 4) is 5.75 Å². The molecule has 0 bridgehead atoms. The summed E-state index contributed by atoms with van der Waals surface area (Å²) < 4.78 is 10.4. The second-order valence-electron chi connectivity index (χ2n) is 5.57. The minimum absolute atomic E-state index is 0.0790. The fourth-order valence-corrected chi connectivity index (χ4v) is 2.39. The third kappa shape index (κ3) is 5.48. The summed E-state index contributed by atoms with van der Waals surface area (Å²) in [6.45, 7) is -0.0110. The van der Waals surface area contributed by atoms with Crippen LogP contribution in [0.5, 0.6) is 5.75 Å². The smallest absolute Gasteiger partial charge is 0.341 e. The van der Waals surface area contributed by atoms with Crippen molar-refractivity contribution in [1.29, 1.82) is 0 Å². The molecular formula is C16H21NO7. The largest absolute Gasteiger partial charge is 0.482 e. The molecule has 0 spiro atoms. The van der Waals surface area contributed by atoms with E-state index in [1.54, 1.807) is 24.3 Å². The molecule has 1 aromatic carbocycles. The summed E-state index contributed by atoms with van der Waals surface area (Å²) in [5.74, 6) is -0.982. The zero-order chi connectivity index (χ0) is 17.5. The number of amides is 1. The number of aliphatic hydroxyl groups is 2. The highest BCUT2D eigenvalue weighted by Crippen LogP contribution is 2.15. The maximum Gasteiger partial charge on any atom is 0.341 e. The molecule has 0 aliphatic carbocycles. The lowest BCUT2D eigenvalue weighted by molar-refractivity contribution is -0.139. The topological polar surface area (TPSA) is 125 Å². The molecule has 3 unspecified atom stereocenters. The minimum atomic E-state index is -1.08. The van der Waals surface area contributed by atoms with Crippen molar-refractivity contribution in [1.82, 2.24) is 5.32 Å². The van der Waals surface area contributed by atoms with Crippen molar-refractivity contribution in [3.05, 3.63) is 29.8 Å². The predicted molar refractivity (Wildman–Crippen MR) is 82.7 cm³/mol. The molecule has 1 amide bonds. The van der Waals surface area contributed by atoms with Gasteiger partial charge in [0.15, 0.2) is 6.61 Å². The lowest BCUT2D eigenvalue weighted by atomic mass is 10.0. The van der Waals surface area contributed by atoms with Crippen LogP contribution in [0.3, 0.4) is 0 Å². The van der Waals surface area contributed by atoms with Crippen LogP contribution in [-0.4, -0.2) is 65.3 Å². The number of carboxylic acids is 1. The van der Waals surface area contributed by atoms with Crippen molar-refractivity contribution in [2.75, 3.05) is 19.8 Å². The van der Waals surface area contributed by atoms with E-state index in [9.17, 15) is 19.8 Å². The van der Waals surface area contributed by atoms with Gasteiger partial charge in [-0.1, -0.05) is 12.1 Å². The van der Waals surface area contributed by atoms with Crippen LogP contribution < -0.4 is 10.1 Å². The second kappa shape index (κ2) is 8.62. The highest BCUT2D eigenvalue weighted by molar-refractivity contribution is 5.78. The van der Waals surface area contributed by atoms with Gasteiger partial charge in [-0.05, 0) is 24.1 Å². The highest BCUT2D eigenvalue weighted by Gasteiger charge is 2.31. The number of carbonyl (C=O) groups excluding carboxylic acids is 1. The van der Waals surface area contributed by atoms with Gasteiger partial charge in [0.05, 0.1) is 12.5 Å². The Labute approximate surface area is 139 Å². The van der Waals surface area contributed by atoms with E-state index < -0.39 is 30.9 Å². The Morgan fingerprint density at radius 2 is 2.12 bits per heavy atom. The Kier molecular flexibility index (Phi) is 6.53. The third-order valence-corrected chi connectivity index (χ3v) is 3.65. The summed E-state index contributed by atoms with van der Waals surface area (Å²) in [4.78, 5) is 22.5. The van der Waals surface area contributed by atoms with Gasteiger partial charge in [-0.3, -0.25) is 4.79 Å². The van der Waals surface area contributed by atoms with Crippen LogP contribution in [0.25, 0.3) is 0 Å². The van der Waals surface area contributed by atoms with Gasteiger partial charge in [0, 0.05) is 13.2 Å². The van der Waals surface area contributed by atoms with Crippen LogP contribution in [0, 0.1) is 0 Å². The molecule has 132 valence electrons. The number of carboxylic acid groups (broad SMARTS) is 1. The minimum Gasteiger partial charge on any atom is -0.482 e. The van der Waals surface area contributed by atoms with E-state index in [-0.39, 0.29) is 18.9 Å². The van der Waals surface area contributed by atoms with E-state index in [0.717, 1.165) is 0 Å². The predicted octanol–water partition coefficient (Wildman–Crippen LogP) is -0.681. The van der Waals surface area contributed by atoms with E-state index in [4.69, 9.17) is 14.6 Å². The van der Waals surface area contributed by atoms with Gasteiger partial charge in [-0.2, -0.15) is 0 Å². The van der Waals surface area contributed by atoms with Crippen molar-refractivity contribution in [3.63, 3.8) is 0 Å². The Morgan fingerprint density at radius 1 is 1.33 bits per heavy atom. The first-order chi connectivity index (χ1) is 11.5. The monoisotopic (exact) mass is 339 g/mol. The van der Waals surface area contributed by atoms with E-state index >= 15 is 0 Å². The van der Waals surface area contributed by atoms with Gasteiger partial charge < -0.3 is 30.1 Å². The van der Waals surface area contributed by atoms with Gasteiger partial charge in [-0.15, -0.1) is 0 Å². The van der Waals surface area contributed by atoms with Gasteiger partial charge in [-0.25, -0.2) is 4.79 Å². The Morgan fingerprint density at radius 3 is 2.88 bits per heavy atom. The van der Waals surface area contributed by atoms with E-state index in [1.807, 2.05) is 0 Å². The van der Waals surface area contributed by atoms with E-state index in [1.165, 1.54) is 0 Å². The van der Waals surface area contributed by atoms with Crippen molar-refractivity contribution >= 4 is 11.9 Å². The molecule has 1 aliphatic heterocycles. The molecule has 1 heterocycles. The summed E-state index contributed by atoms with van der Waals surface area (Å²) in [5, 5.41) is 30.6. The van der Waals surface area contributed by atoms with Crippen LogP contribution >= 0.6 is 0 Å². The van der Waals surface area contributed by atoms with Crippen LogP contribution in [0.4, 0.5) is 0 Å². The standard InChI is InChI=1S/C16H21NO7/c18-12-4-5-23-13(16(12)22)8-17-14(19)7-10-2-1-3-11(6-10)24-9-15(20)21/h1-3,6,12-13,16,18,22H,4-5,7-9H2,(H,17,19)(H,20,21). The molecular weight excluding hydrogens is 318 g/mol. The maximum absolute atomic E-state index is 12.0. The quantitative estimate of drug-likeness (QED) is 0.518. The van der Waals surface area contributed by atoms with Crippen LogP contribution in [0.15, 0.2) is 24.3 Å². The number of rotatable bonds is 7. The van der Waals surface area contributed by atoms with Crippen LogP contribution in [-0.2, 0) is 20.7 Å². The van der Waals surface area contributed by atoms with Gasteiger partial charge in [0.2, 0.25) is 5.91 Å². The van der Waals surface area contributed by atoms with Gasteiger partial charge in [0.1, 0.15) is 18.0 Å². The molecule has 1 fully saturated rings. The SMILES string of the molecule is O=C(O)COc1cccc(CC(=O)NCC2OCCC(O)C2O)c1. The zero-order valence-electron chi connectivity index (χ0n) is 13.1. The number of hydrogen-bond acceptors (Lipinski definition) is 6. The summed E-state index contributed by atoms with van der Waals surface area (Å²) in [5.41, 5.74) is 0.667. The van der Waals surface area contributed by atoms with Gasteiger partial charge in [0.25, 0.3) is 0 Å². The Bertz CT molecular complexity index is 577. The van der Waals surface area contributed by atoms with Crippen LogP contribution in [0.1, 0.15) is 12.0 Å². The lowest BCUT2D eigenvalue weighted by Crippen LogP contribution is -2.50. The number of ether oxygens (including phenoxy) is 2. The van der Waals surface area contributed by atoms with E-state index in [0.29, 0.717) is 24.3 Å². The lowest BCUT2D eigenvalue weighted by Gasteiger charge is -2.32. The molecule has 8 heteroatoms. The summed E-state index contributed by atoms with van der Waals surface area (Å²) in [6, 6.07) is 6.60. The molecule has 1 aliphatic rings. The Balaban J connectivity index is 1.81. The fraction of sp³-hybridized carbons (Fsp3) is 0.500. The molecule has 1 saturated heterocycles. The van der Waals surface area contributed by atoms with E-state index in [2.05, 4.69) is 5.32 Å². The first-order valence-electron chi connectivity index (χ1n) is 7.63. The second-order valence-corrected chi connectivity index (χ2v) is 5.57. The molecule has 0 aromatic heterocycles. The number of aliphatic carboxylic acids is 1. The average Bonchev–Trinajstić information content (AvgIpc) is 2.55. The molecule has 0 radical (unpaired) electrons. The first-order valence-corrected chi connectivity index (χ1v) is 7.63. The first kappa shape index (κ1) is 18.2. The molecule has 2 rings (SSSR count). The van der Waals surface area contributed by atoms with Crippen molar-refractivity contribution in [2.24, 2.45) is 0 Å². The van der Waals surface area contributed by atoms with Crippen molar-refractivity contribution in [2.45, 2.75) is 31.2 Å². The zero-order valence-corrected chi connectivity index (χ0v) is 13.1. The summed E-state index contributed by atoms with van der Waals surface area (Å²) >= 11 is 0. The Hall–Kier alpha value is -2.16. The number of nitrogens with one attached hydrogen (secondary N) is 1. The van der Waals surface area contributed by atoms with Gasteiger partial charge >= 0.3 is 5.97 Å². The molecule has 0 saturated carbocycles. The summed E-state index contributed by atoms with van der Waals surface area (Å²) in [7, 11) is 0. The van der Waals surface area contributed by atoms with Crippen LogP contribution in [0.2, 0.25) is 0 Å². The number of carbonyl (C=O) groups is 2. The molecule has 3 atom stereocenters. The summed E-state index contributed by atoms with van der Waals surface area (Å²) in [6.07, 6.45) is -2.05.